The van der Waals surface area contributed by atoms with Crippen LogP contribution in [0.5, 0.6) is 0 Å². The summed E-state index contributed by atoms with van der Waals surface area (Å²) in [4.78, 5) is 29.6. The van der Waals surface area contributed by atoms with Gasteiger partial charge in [-0.1, -0.05) is 6.07 Å². The zero-order valence-electron chi connectivity index (χ0n) is 22.0. The minimum Gasteiger partial charge on any atom is -0.342 e. The van der Waals surface area contributed by atoms with Crippen LogP contribution in [0.3, 0.4) is 0 Å². The molecule has 1 unspecified atom stereocenters. The molecule has 5 nitrogen and oxygen atoms in total. The van der Waals surface area contributed by atoms with Crippen molar-refractivity contribution >= 4 is 11.8 Å². The van der Waals surface area contributed by atoms with Crippen molar-refractivity contribution in [2.24, 2.45) is 11.8 Å². The molecule has 2 aromatic carbocycles. The number of benzene rings is 2. The molecule has 2 amide bonds. The summed E-state index contributed by atoms with van der Waals surface area (Å²) in [6.45, 7) is 2.95. The van der Waals surface area contributed by atoms with Gasteiger partial charge in [-0.15, -0.1) is 0 Å². The Balaban J connectivity index is 1.61. The second-order valence-electron chi connectivity index (χ2n) is 10.6. The van der Waals surface area contributed by atoms with Crippen LogP contribution in [-0.2, 0) is 28.5 Å². The molecule has 4 rings (SSSR count). The van der Waals surface area contributed by atoms with Gasteiger partial charge in [-0.3, -0.25) is 9.59 Å². The van der Waals surface area contributed by atoms with Crippen LogP contribution in [0.15, 0.2) is 36.4 Å². The number of rotatable bonds is 5. The molecule has 0 aliphatic carbocycles. The Morgan fingerprint density at radius 2 is 1.65 bits per heavy atom. The maximum absolute atomic E-state index is 13.9. The van der Waals surface area contributed by atoms with Crippen molar-refractivity contribution in [3.8, 4) is 0 Å². The Kier molecular flexibility index (Phi) is 8.49. The van der Waals surface area contributed by atoms with Gasteiger partial charge >= 0.3 is 12.4 Å². The maximum atomic E-state index is 13.9. The van der Waals surface area contributed by atoms with Gasteiger partial charge in [0.15, 0.2) is 0 Å². The van der Waals surface area contributed by atoms with Crippen molar-refractivity contribution in [2.75, 3.05) is 33.2 Å². The fourth-order valence-corrected chi connectivity index (χ4v) is 5.69. The molecule has 0 radical (unpaired) electrons. The van der Waals surface area contributed by atoms with Gasteiger partial charge in [0.25, 0.3) is 0 Å². The summed E-state index contributed by atoms with van der Waals surface area (Å²) in [6, 6.07) is 5.41. The Morgan fingerprint density at radius 3 is 2.20 bits per heavy atom. The third kappa shape index (κ3) is 6.59. The molecule has 2 fully saturated rings. The number of amides is 2. The summed E-state index contributed by atoms with van der Waals surface area (Å²) in [5.41, 5.74) is -1.98. The van der Waals surface area contributed by atoms with E-state index in [9.17, 15) is 40.3 Å². The summed E-state index contributed by atoms with van der Waals surface area (Å²) in [6.07, 6.45) is -9.07. The van der Waals surface area contributed by atoms with Crippen LogP contribution < -0.4 is 5.32 Å². The normalized spacial score (nSPS) is 21.9. The number of nitrogens with zero attached hydrogens (tertiary/aromatic N) is 2. The topological polar surface area (TPSA) is 52.7 Å². The molecule has 2 aliphatic rings. The average Bonchev–Trinajstić information content (AvgIpc) is 3.41. The van der Waals surface area contributed by atoms with Gasteiger partial charge in [-0.25, -0.2) is 4.39 Å². The first-order valence-corrected chi connectivity index (χ1v) is 12.9. The number of nitrogens with one attached hydrogen (secondary N) is 1. The smallest absolute Gasteiger partial charge is 0.342 e. The minimum atomic E-state index is -5.00. The quantitative estimate of drug-likeness (QED) is 0.490. The highest BCUT2D eigenvalue weighted by Crippen LogP contribution is 2.38. The fraction of sp³-hybridized carbons (Fsp3) is 0.500. The molecule has 0 spiro atoms. The van der Waals surface area contributed by atoms with Crippen molar-refractivity contribution in [3.05, 3.63) is 70.0 Å². The molecule has 0 aromatic heterocycles. The number of likely N-dealkylation sites (tertiary alicyclic amines) is 1. The van der Waals surface area contributed by atoms with Crippen molar-refractivity contribution < 1.29 is 40.3 Å². The zero-order chi connectivity index (χ0) is 29.4. The first kappa shape index (κ1) is 29.8. The highest BCUT2D eigenvalue weighted by atomic mass is 19.4. The second-order valence-corrected chi connectivity index (χ2v) is 10.6. The van der Waals surface area contributed by atoms with E-state index >= 15 is 0 Å². The molecule has 3 atom stereocenters. The van der Waals surface area contributed by atoms with Crippen LogP contribution in [0.4, 0.5) is 30.7 Å². The van der Waals surface area contributed by atoms with Crippen LogP contribution >= 0.6 is 0 Å². The molecule has 2 aromatic rings. The van der Waals surface area contributed by atoms with Gasteiger partial charge in [-0.05, 0) is 73.3 Å². The van der Waals surface area contributed by atoms with E-state index in [1.807, 2.05) is 0 Å². The molecule has 218 valence electrons. The highest BCUT2D eigenvalue weighted by Gasteiger charge is 2.41. The Bertz CT molecular complexity index is 1220. The van der Waals surface area contributed by atoms with E-state index in [1.165, 1.54) is 19.2 Å². The molecule has 12 heteroatoms. The number of carbonyl (C=O) groups is 2. The van der Waals surface area contributed by atoms with E-state index in [0.717, 1.165) is 11.4 Å². The fourth-order valence-electron chi connectivity index (χ4n) is 5.69. The Morgan fingerprint density at radius 1 is 1.00 bits per heavy atom. The lowest BCUT2D eigenvalue weighted by molar-refractivity contribution is -0.143. The summed E-state index contributed by atoms with van der Waals surface area (Å²) >= 11 is 0. The van der Waals surface area contributed by atoms with Crippen LogP contribution in [-0.4, -0.2) is 54.8 Å². The number of hydrogen-bond acceptors (Lipinski definition) is 3. The zero-order valence-corrected chi connectivity index (χ0v) is 22.0. The third-order valence-electron chi connectivity index (χ3n) is 7.73. The molecular weight excluding hydrogens is 543 g/mol. The number of alkyl halides is 6. The standard InChI is InChI=1S/C28H30F7N3O2/c1-16-9-21(29)3-4-22(16)24-15-38(25(39)18-5-7-36-13-18)8-6-23(24)26(40)37(2)14-17-10-19(27(30,31)32)12-20(11-17)28(33,34)35/h3-4,9-12,18,23-24,36H,5-8,13-15H2,1-2H3/t18?,23-,24+/m1/s1. The first-order valence-electron chi connectivity index (χ1n) is 12.9. The molecule has 40 heavy (non-hydrogen) atoms. The summed E-state index contributed by atoms with van der Waals surface area (Å²) in [7, 11) is 1.33. The van der Waals surface area contributed by atoms with Crippen LogP contribution in [0, 0.1) is 24.6 Å². The van der Waals surface area contributed by atoms with E-state index in [4.69, 9.17) is 0 Å². The van der Waals surface area contributed by atoms with Crippen molar-refractivity contribution in [1.82, 2.24) is 15.1 Å². The first-order chi connectivity index (χ1) is 18.6. The minimum absolute atomic E-state index is 0.0438. The van der Waals surface area contributed by atoms with Crippen LogP contribution in [0.25, 0.3) is 0 Å². The summed E-state index contributed by atoms with van der Waals surface area (Å²) < 4.78 is 93.9. The molecular formula is C28H30F7N3O2. The highest BCUT2D eigenvalue weighted by molar-refractivity contribution is 5.82. The average molecular weight is 574 g/mol. The lowest BCUT2D eigenvalue weighted by Gasteiger charge is -2.41. The molecule has 1 N–H and O–H groups in total. The predicted molar refractivity (Wildman–Crippen MR) is 132 cm³/mol. The van der Waals surface area contributed by atoms with Gasteiger partial charge in [0, 0.05) is 45.1 Å². The second kappa shape index (κ2) is 11.4. The molecule has 2 heterocycles. The third-order valence-corrected chi connectivity index (χ3v) is 7.73. The van der Waals surface area contributed by atoms with Gasteiger partial charge in [0.05, 0.1) is 17.0 Å². The van der Waals surface area contributed by atoms with Crippen LogP contribution in [0.2, 0.25) is 0 Å². The van der Waals surface area contributed by atoms with Gasteiger partial charge in [0.1, 0.15) is 5.82 Å². The van der Waals surface area contributed by atoms with E-state index in [0.29, 0.717) is 36.2 Å². The summed E-state index contributed by atoms with van der Waals surface area (Å²) in [5.74, 6) is -2.42. The van der Waals surface area contributed by atoms with Crippen LogP contribution in [0.1, 0.15) is 46.6 Å². The van der Waals surface area contributed by atoms with E-state index in [2.05, 4.69) is 5.32 Å². The molecule has 2 aliphatic heterocycles. The SMILES string of the molecule is Cc1cc(F)ccc1[C@@H]1CN(C(=O)C2CCNC2)CC[C@H]1C(=O)N(C)Cc1cc(C(F)(F)F)cc(C(F)(F)F)c1. The number of piperidine rings is 1. The number of aryl methyl sites for hydroxylation is 1. The number of halogens is 7. The van der Waals surface area contributed by atoms with Crippen molar-refractivity contribution in [1.29, 1.82) is 0 Å². The Hall–Kier alpha value is -3.15. The van der Waals surface area contributed by atoms with Gasteiger partial charge in [0.2, 0.25) is 11.8 Å². The summed E-state index contributed by atoms with van der Waals surface area (Å²) in [5, 5.41) is 3.15. The van der Waals surface area contributed by atoms with E-state index in [-0.39, 0.29) is 43.0 Å². The monoisotopic (exact) mass is 573 g/mol. The molecule has 0 bridgehead atoms. The predicted octanol–water partition coefficient (Wildman–Crippen LogP) is 5.37. The lowest BCUT2D eigenvalue weighted by Crippen LogP contribution is -2.49. The Labute approximate surface area is 227 Å². The van der Waals surface area contributed by atoms with Crippen molar-refractivity contribution in [2.45, 2.75) is 44.6 Å². The molecule has 2 saturated heterocycles. The largest absolute Gasteiger partial charge is 0.416 e. The van der Waals surface area contributed by atoms with E-state index in [1.54, 1.807) is 17.9 Å². The number of carbonyl (C=O) groups excluding carboxylic acids is 2. The van der Waals surface area contributed by atoms with E-state index < -0.39 is 53.6 Å². The maximum Gasteiger partial charge on any atom is 0.416 e. The molecule has 0 saturated carbocycles. The number of hydrogen-bond donors (Lipinski definition) is 1. The van der Waals surface area contributed by atoms with Gasteiger partial charge < -0.3 is 15.1 Å². The lowest BCUT2D eigenvalue weighted by atomic mass is 9.78. The van der Waals surface area contributed by atoms with Crippen molar-refractivity contribution in [3.63, 3.8) is 0 Å². The van der Waals surface area contributed by atoms with Gasteiger partial charge in [-0.2, -0.15) is 26.3 Å².